The zero-order valence-corrected chi connectivity index (χ0v) is 17.8. The summed E-state index contributed by atoms with van der Waals surface area (Å²) in [5.41, 5.74) is 4.16. The number of rotatable bonds is 4. The number of hydrogen-bond donors (Lipinski definition) is 1. The summed E-state index contributed by atoms with van der Waals surface area (Å²) in [5, 5.41) is 4.66. The van der Waals surface area contributed by atoms with Crippen LogP contribution >= 0.6 is 23.6 Å². The fourth-order valence-corrected chi connectivity index (χ4v) is 5.02. The first-order chi connectivity index (χ1) is 14.2. The summed E-state index contributed by atoms with van der Waals surface area (Å²) in [6.45, 7) is 0.860. The number of aryl methyl sites for hydroxylation is 1. The molecule has 0 atom stereocenters. The van der Waals surface area contributed by atoms with E-state index in [0.29, 0.717) is 10.7 Å². The second-order valence-electron chi connectivity index (χ2n) is 6.92. The normalized spacial score (nSPS) is 12.9. The molecular weight excluding hydrogens is 400 g/mol. The molecule has 1 aliphatic heterocycles. The van der Waals surface area contributed by atoms with E-state index in [-0.39, 0.29) is 5.97 Å². The molecule has 0 spiro atoms. The Hall–Kier alpha value is -2.70. The molecule has 0 aliphatic carbocycles. The summed E-state index contributed by atoms with van der Waals surface area (Å²) in [6.07, 6.45) is 2.87. The van der Waals surface area contributed by atoms with Crippen molar-refractivity contribution in [1.82, 2.24) is 0 Å². The van der Waals surface area contributed by atoms with Crippen LogP contribution in [0.1, 0.15) is 32.8 Å². The summed E-state index contributed by atoms with van der Waals surface area (Å²) in [6, 6.07) is 20.4. The molecule has 0 unspecified atom stereocenters. The largest absolute Gasteiger partial charge is 0.465 e. The molecule has 3 aromatic rings. The Morgan fingerprint density at radius 3 is 2.72 bits per heavy atom. The van der Waals surface area contributed by atoms with Gasteiger partial charge >= 0.3 is 5.97 Å². The number of carbonyl (C=O) groups is 1. The van der Waals surface area contributed by atoms with Gasteiger partial charge in [0.2, 0.25) is 0 Å². The predicted octanol–water partition coefficient (Wildman–Crippen LogP) is 5.28. The van der Waals surface area contributed by atoms with Crippen molar-refractivity contribution >= 4 is 45.3 Å². The molecule has 1 aliphatic rings. The Balaban J connectivity index is 1.59. The number of benzene rings is 2. The zero-order chi connectivity index (χ0) is 20.2. The first-order valence-electron chi connectivity index (χ1n) is 9.57. The predicted molar refractivity (Wildman–Crippen MR) is 123 cm³/mol. The number of fused-ring (bicyclic) bond motifs is 1. The Morgan fingerprint density at radius 1 is 1.17 bits per heavy atom. The third kappa shape index (κ3) is 4.33. The van der Waals surface area contributed by atoms with Crippen LogP contribution < -0.4 is 10.2 Å². The number of hydrogen-bond acceptors (Lipinski definition) is 4. The molecule has 6 heteroatoms. The van der Waals surface area contributed by atoms with Gasteiger partial charge in [-0.1, -0.05) is 48.5 Å². The minimum atomic E-state index is -0.357. The fourth-order valence-electron chi connectivity index (χ4n) is 3.59. The van der Waals surface area contributed by atoms with Crippen LogP contribution in [0.5, 0.6) is 0 Å². The van der Waals surface area contributed by atoms with Crippen LogP contribution in [0.2, 0.25) is 0 Å². The molecule has 0 amide bonds. The van der Waals surface area contributed by atoms with Crippen molar-refractivity contribution in [2.75, 3.05) is 23.9 Å². The van der Waals surface area contributed by atoms with E-state index in [4.69, 9.17) is 17.0 Å². The molecule has 0 saturated heterocycles. The number of esters is 1. The molecule has 0 bridgehead atoms. The van der Waals surface area contributed by atoms with Crippen molar-refractivity contribution in [3.63, 3.8) is 0 Å². The molecule has 2 aromatic carbocycles. The molecule has 4 rings (SSSR count). The zero-order valence-electron chi connectivity index (χ0n) is 16.2. The van der Waals surface area contributed by atoms with E-state index < -0.39 is 0 Å². The van der Waals surface area contributed by atoms with Crippen molar-refractivity contribution in [3.05, 3.63) is 82.2 Å². The van der Waals surface area contributed by atoms with Gasteiger partial charge in [-0.3, -0.25) is 0 Å². The van der Waals surface area contributed by atoms with E-state index in [1.807, 2.05) is 30.3 Å². The maximum atomic E-state index is 12.3. The lowest BCUT2D eigenvalue weighted by Crippen LogP contribution is -2.38. The van der Waals surface area contributed by atoms with Crippen LogP contribution in [0.4, 0.5) is 10.7 Å². The number of thiocarbonyl (C=S) groups is 1. The van der Waals surface area contributed by atoms with Crippen molar-refractivity contribution < 1.29 is 9.53 Å². The molecule has 0 fully saturated rings. The summed E-state index contributed by atoms with van der Waals surface area (Å²) in [5.74, 6) is -0.357. The van der Waals surface area contributed by atoms with E-state index in [9.17, 15) is 4.79 Å². The number of anilines is 2. The Bertz CT molecular complexity index is 1030. The van der Waals surface area contributed by atoms with Crippen LogP contribution in [0.3, 0.4) is 0 Å². The fraction of sp³-hybridized carbons (Fsp3) is 0.217. The smallest absolute Gasteiger partial charge is 0.340 e. The maximum absolute atomic E-state index is 12.3. The molecule has 0 radical (unpaired) electrons. The highest BCUT2D eigenvalue weighted by atomic mass is 32.1. The van der Waals surface area contributed by atoms with Gasteiger partial charge in [-0.25, -0.2) is 4.79 Å². The number of nitrogens with zero attached hydrogens (tertiary/aromatic N) is 1. The van der Waals surface area contributed by atoms with Crippen molar-refractivity contribution in [2.45, 2.75) is 19.3 Å². The van der Waals surface area contributed by atoms with E-state index in [1.54, 1.807) is 11.3 Å². The summed E-state index contributed by atoms with van der Waals surface area (Å²) in [7, 11) is 1.40. The van der Waals surface area contributed by atoms with Crippen molar-refractivity contribution in [3.8, 4) is 0 Å². The van der Waals surface area contributed by atoms with Crippen LogP contribution in [-0.2, 0) is 17.6 Å². The van der Waals surface area contributed by atoms with Gasteiger partial charge in [-0.05, 0) is 48.3 Å². The standard InChI is InChI=1S/C23H22N2O2S2/c1-27-22(26)19-15-18(14-16-8-3-2-4-9-16)29-21(19)24-23(28)25-13-7-11-17-10-5-6-12-20(17)25/h2-6,8-10,12,15H,7,11,13-14H2,1H3,(H,24,28). The average Bonchev–Trinajstić information content (AvgIpc) is 3.15. The molecule has 29 heavy (non-hydrogen) atoms. The summed E-state index contributed by atoms with van der Waals surface area (Å²) in [4.78, 5) is 15.5. The van der Waals surface area contributed by atoms with E-state index >= 15 is 0 Å². The molecule has 4 nitrogen and oxygen atoms in total. The number of carbonyl (C=O) groups excluding carboxylic acids is 1. The van der Waals surface area contributed by atoms with Gasteiger partial charge in [0.15, 0.2) is 5.11 Å². The monoisotopic (exact) mass is 422 g/mol. The maximum Gasteiger partial charge on any atom is 0.340 e. The summed E-state index contributed by atoms with van der Waals surface area (Å²) >= 11 is 7.27. The highest BCUT2D eigenvalue weighted by molar-refractivity contribution is 7.80. The summed E-state index contributed by atoms with van der Waals surface area (Å²) < 4.78 is 4.99. The van der Waals surface area contributed by atoms with Gasteiger partial charge in [0, 0.05) is 23.5 Å². The Kier molecular flexibility index (Phi) is 5.92. The van der Waals surface area contributed by atoms with Gasteiger partial charge in [0.1, 0.15) is 5.00 Å². The molecule has 1 aromatic heterocycles. The molecular formula is C23H22N2O2S2. The molecule has 1 N–H and O–H groups in total. The van der Waals surface area contributed by atoms with Crippen LogP contribution in [0.15, 0.2) is 60.7 Å². The quantitative estimate of drug-likeness (QED) is 0.458. The van der Waals surface area contributed by atoms with Crippen molar-refractivity contribution in [1.29, 1.82) is 0 Å². The lowest BCUT2D eigenvalue weighted by molar-refractivity contribution is 0.0602. The second-order valence-corrected chi connectivity index (χ2v) is 8.45. The number of nitrogens with one attached hydrogen (secondary N) is 1. The number of para-hydroxylation sites is 1. The highest BCUT2D eigenvalue weighted by Crippen LogP contribution is 2.32. The van der Waals surface area contributed by atoms with Crippen LogP contribution in [0, 0.1) is 0 Å². The van der Waals surface area contributed by atoms with Crippen molar-refractivity contribution in [2.24, 2.45) is 0 Å². The molecule has 148 valence electrons. The minimum absolute atomic E-state index is 0.357. The molecule has 2 heterocycles. The number of methoxy groups -OCH3 is 1. The third-order valence-corrected chi connectivity index (χ3v) is 6.36. The second kappa shape index (κ2) is 8.76. The lowest BCUT2D eigenvalue weighted by Gasteiger charge is -2.31. The van der Waals surface area contributed by atoms with Gasteiger partial charge in [-0.15, -0.1) is 11.3 Å². The van der Waals surface area contributed by atoms with E-state index in [1.165, 1.54) is 18.2 Å². The Morgan fingerprint density at radius 2 is 1.93 bits per heavy atom. The van der Waals surface area contributed by atoms with E-state index in [0.717, 1.165) is 41.4 Å². The highest BCUT2D eigenvalue weighted by Gasteiger charge is 2.23. The van der Waals surface area contributed by atoms with Gasteiger partial charge in [0.05, 0.1) is 12.7 Å². The third-order valence-electron chi connectivity index (χ3n) is 4.99. The van der Waals surface area contributed by atoms with Gasteiger partial charge in [-0.2, -0.15) is 0 Å². The van der Waals surface area contributed by atoms with Crippen LogP contribution in [-0.4, -0.2) is 24.7 Å². The van der Waals surface area contributed by atoms with E-state index in [2.05, 4.69) is 40.5 Å². The average molecular weight is 423 g/mol. The minimum Gasteiger partial charge on any atom is -0.465 e. The van der Waals surface area contributed by atoms with Gasteiger partial charge in [0.25, 0.3) is 0 Å². The SMILES string of the molecule is COC(=O)c1cc(Cc2ccccc2)sc1NC(=S)N1CCCc2ccccc21. The first kappa shape index (κ1) is 19.6. The number of ether oxygens (including phenoxy) is 1. The Labute approximate surface area is 180 Å². The lowest BCUT2D eigenvalue weighted by atomic mass is 10.0. The van der Waals surface area contributed by atoms with Crippen LogP contribution in [0.25, 0.3) is 0 Å². The number of thiophene rings is 1. The van der Waals surface area contributed by atoms with Gasteiger partial charge < -0.3 is 15.0 Å². The topological polar surface area (TPSA) is 41.6 Å². The molecule has 0 saturated carbocycles. The first-order valence-corrected chi connectivity index (χ1v) is 10.8.